The Morgan fingerprint density at radius 2 is 1.97 bits per heavy atom. The van der Waals surface area contributed by atoms with E-state index < -0.39 is 0 Å². The average molecular weight is 440 g/mol. The van der Waals surface area contributed by atoms with Gasteiger partial charge >= 0.3 is 5.97 Å². The third-order valence-electron chi connectivity index (χ3n) is 4.56. The van der Waals surface area contributed by atoms with Crippen molar-refractivity contribution in [2.45, 2.75) is 25.1 Å². The molecule has 1 unspecified atom stereocenters. The van der Waals surface area contributed by atoms with Gasteiger partial charge in [-0.2, -0.15) is 0 Å². The molecular formula is C23H25N3O4S. The van der Waals surface area contributed by atoms with Crippen molar-refractivity contribution in [1.29, 1.82) is 0 Å². The van der Waals surface area contributed by atoms with Crippen molar-refractivity contribution >= 4 is 40.1 Å². The van der Waals surface area contributed by atoms with Crippen LogP contribution in [0, 0.1) is 0 Å². The van der Waals surface area contributed by atoms with Crippen LogP contribution in [0.4, 0.5) is 11.4 Å². The molecule has 0 aliphatic carbocycles. The zero-order chi connectivity index (χ0) is 22.2. The van der Waals surface area contributed by atoms with Gasteiger partial charge in [0, 0.05) is 12.2 Å². The maximum atomic E-state index is 12.7. The van der Waals surface area contributed by atoms with E-state index in [0.717, 1.165) is 22.7 Å². The fraction of sp³-hybridized carbons (Fsp3) is 0.261. The van der Waals surface area contributed by atoms with E-state index in [0.29, 0.717) is 17.3 Å². The molecule has 1 aliphatic rings. The fourth-order valence-corrected chi connectivity index (χ4v) is 3.83. The second-order valence-electron chi connectivity index (χ2n) is 6.84. The molecule has 0 saturated heterocycles. The van der Waals surface area contributed by atoms with Gasteiger partial charge in [0.2, 0.25) is 5.91 Å². The van der Waals surface area contributed by atoms with E-state index >= 15 is 0 Å². The normalized spacial score (nSPS) is 13.5. The van der Waals surface area contributed by atoms with Crippen molar-refractivity contribution in [3.8, 4) is 5.75 Å². The number of nitrogens with zero attached hydrogens (tertiary/aromatic N) is 1. The van der Waals surface area contributed by atoms with Crippen LogP contribution in [0.2, 0.25) is 0 Å². The number of thioether (sulfide) groups is 1. The molecule has 0 saturated carbocycles. The molecule has 1 heterocycles. The predicted octanol–water partition coefficient (Wildman–Crippen LogP) is 4.04. The Balaban J connectivity index is 1.70. The van der Waals surface area contributed by atoms with Crippen molar-refractivity contribution < 1.29 is 19.1 Å². The number of hydrogen-bond acceptors (Lipinski definition) is 7. The van der Waals surface area contributed by atoms with Gasteiger partial charge in [0.15, 0.2) is 0 Å². The Labute approximate surface area is 185 Å². The number of benzene rings is 2. The van der Waals surface area contributed by atoms with Crippen LogP contribution >= 0.6 is 11.8 Å². The molecule has 0 bridgehead atoms. The highest BCUT2D eigenvalue weighted by Gasteiger charge is 2.19. The average Bonchev–Trinajstić information content (AvgIpc) is 2.95. The maximum absolute atomic E-state index is 12.7. The zero-order valence-corrected chi connectivity index (χ0v) is 18.5. The van der Waals surface area contributed by atoms with E-state index in [1.807, 2.05) is 55.5 Å². The molecule has 2 aromatic rings. The first-order valence-corrected chi connectivity index (χ1v) is 10.7. The van der Waals surface area contributed by atoms with Crippen molar-refractivity contribution in [3.63, 3.8) is 0 Å². The van der Waals surface area contributed by atoms with Gasteiger partial charge in [0.25, 0.3) is 0 Å². The van der Waals surface area contributed by atoms with Crippen LogP contribution in [0.5, 0.6) is 5.75 Å². The molecule has 1 amide bonds. The Bertz CT molecular complexity index is 1020. The number of carbonyl (C=O) groups is 2. The van der Waals surface area contributed by atoms with Crippen LogP contribution in [-0.4, -0.2) is 36.4 Å². The third kappa shape index (κ3) is 6.36. The van der Waals surface area contributed by atoms with Crippen LogP contribution in [0.15, 0.2) is 65.3 Å². The largest absolute Gasteiger partial charge is 0.497 e. The number of esters is 1. The maximum Gasteiger partial charge on any atom is 0.311 e. The van der Waals surface area contributed by atoms with E-state index in [9.17, 15) is 9.59 Å². The Kier molecular flexibility index (Phi) is 7.72. The van der Waals surface area contributed by atoms with Crippen LogP contribution in [0.25, 0.3) is 0 Å². The lowest BCUT2D eigenvalue weighted by molar-refractivity contribution is -0.139. The minimum atomic E-state index is -0.384. The summed E-state index contributed by atoms with van der Waals surface area (Å²) in [4.78, 5) is 29.1. The smallest absolute Gasteiger partial charge is 0.311 e. The minimum absolute atomic E-state index is 0.0842. The predicted molar refractivity (Wildman–Crippen MR) is 124 cm³/mol. The summed E-state index contributed by atoms with van der Waals surface area (Å²) in [6, 6.07) is 15.1. The summed E-state index contributed by atoms with van der Waals surface area (Å²) < 4.78 is 10.0. The molecular weight excluding hydrogens is 414 g/mol. The number of ether oxygens (including phenoxy) is 2. The topological polar surface area (TPSA) is 89.0 Å². The molecule has 8 heteroatoms. The summed E-state index contributed by atoms with van der Waals surface area (Å²) in [6.45, 7) is 2.23. The highest BCUT2D eigenvalue weighted by atomic mass is 32.2. The molecule has 0 aromatic heterocycles. The number of methoxy groups -OCH3 is 2. The number of fused-ring (bicyclic) bond motifs is 1. The van der Waals surface area contributed by atoms with Gasteiger partial charge in [-0.3, -0.25) is 9.59 Å². The van der Waals surface area contributed by atoms with Crippen molar-refractivity contribution in [1.82, 2.24) is 5.32 Å². The highest BCUT2D eigenvalue weighted by Crippen LogP contribution is 2.32. The van der Waals surface area contributed by atoms with Gasteiger partial charge in [-0.15, -0.1) is 0 Å². The standard InChI is InChI=1S/C23H25N3O4S/c1-15(23(28)24-14-16-7-6-8-18(11-16)29-2)31-21-12-17(13-22(27)30-3)25-19-9-4-5-10-20(19)26-21/h4-12,15,25H,13-14H2,1-3H3,(H,24,28). The summed E-state index contributed by atoms with van der Waals surface area (Å²) in [7, 11) is 2.96. The second kappa shape index (κ2) is 10.7. The zero-order valence-electron chi connectivity index (χ0n) is 17.7. The molecule has 0 spiro atoms. The molecule has 2 N–H and O–H groups in total. The lowest BCUT2D eigenvalue weighted by Crippen LogP contribution is -2.31. The van der Waals surface area contributed by atoms with E-state index in [2.05, 4.69) is 15.6 Å². The molecule has 0 fully saturated rings. The van der Waals surface area contributed by atoms with Crippen LogP contribution in [-0.2, 0) is 20.9 Å². The molecule has 2 aromatic carbocycles. The first kappa shape index (κ1) is 22.4. The minimum Gasteiger partial charge on any atom is -0.497 e. The number of rotatable bonds is 7. The van der Waals surface area contributed by atoms with Gasteiger partial charge in [-0.1, -0.05) is 36.0 Å². The molecule has 162 valence electrons. The summed E-state index contributed by atoms with van der Waals surface area (Å²) in [5.41, 5.74) is 3.15. The van der Waals surface area contributed by atoms with Gasteiger partial charge in [0.1, 0.15) is 5.75 Å². The molecule has 31 heavy (non-hydrogen) atoms. The van der Waals surface area contributed by atoms with Crippen molar-refractivity contribution in [2.75, 3.05) is 19.5 Å². The molecule has 3 rings (SSSR count). The van der Waals surface area contributed by atoms with Crippen LogP contribution < -0.4 is 15.4 Å². The lowest BCUT2D eigenvalue weighted by atomic mass is 10.2. The Morgan fingerprint density at radius 3 is 2.74 bits per heavy atom. The van der Waals surface area contributed by atoms with Crippen molar-refractivity contribution in [2.24, 2.45) is 4.99 Å². The summed E-state index contributed by atoms with van der Waals surface area (Å²) in [5.74, 6) is 0.284. The molecule has 0 radical (unpaired) electrons. The second-order valence-corrected chi connectivity index (χ2v) is 8.21. The number of anilines is 1. The van der Waals surface area contributed by atoms with Gasteiger partial charge in [-0.05, 0) is 42.8 Å². The first-order valence-electron chi connectivity index (χ1n) is 9.78. The van der Waals surface area contributed by atoms with Gasteiger partial charge < -0.3 is 20.1 Å². The molecule has 1 atom stereocenters. The van der Waals surface area contributed by atoms with E-state index in [1.54, 1.807) is 13.2 Å². The van der Waals surface area contributed by atoms with E-state index in [-0.39, 0.29) is 23.5 Å². The van der Waals surface area contributed by atoms with E-state index in [1.165, 1.54) is 18.9 Å². The van der Waals surface area contributed by atoms with Crippen LogP contribution in [0.1, 0.15) is 18.9 Å². The Morgan fingerprint density at radius 1 is 1.16 bits per heavy atom. The third-order valence-corrected chi connectivity index (χ3v) is 5.58. The van der Waals surface area contributed by atoms with Crippen molar-refractivity contribution in [3.05, 3.63) is 65.9 Å². The quantitative estimate of drug-likeness (QED) is 0.633. The summed E-state index contributed by atoms with van der Waals surface area (Å²) in [5, 5.41) is 6.44. The number of aliphatic imine (C=N–C) groups is 1. The number of nitrogens with one attached hydrogen (secondary N) is 2. The number of carbonyl (C=O) groups excluding carboxylic acids is 2. The summed E-state index contributed by atoms with van der Waals surface area (Å²) in [6.07, 6.45) is 1.87. The Hall–Kier alpha value is -3.26. The van der Waals surface area contributed by atoms with Gasteiger partial charge in [0.05, 0.1) is 42.3 Å². The summed E-state index contributed by atoms with van der Waals surface area (Å²) >= 11 is 1.33. The monoisotopic (exact) mass is 439 g/mol. The number of amides is 1. The van der Waals surface area contributed by atoms with Crippen LogP contribution in [0.3, 0.4) is 0 Å². The molecule has 7 nitrogen and oxygen atoms in total. The SMILES string of the molecule is COC(=O)CC1=CC(SC(C)C(=O)NCc2cccc(OC)c2)=Nc2ccccc2N1. The molecule has 1 aliphatic heterocycles. The highest BCUT2D eigenvalue weighted by molar-refractivity contribution is 8.15. The lowest BCUT2D eigenvalue weighted by Gasteiger charge is -2.13. The van der Waals surface area contributed by atoms with Gasteiger partial charge in [-0.25, -0.2) is 4.99 Å². The number of hydrogen-bond donors (Lipinski definition) is 2. The first-order chi connectivity index (χ1) is 15.0. The number of para-hydroxylation sites is 2. The van der Waals surface area contributed by atoms with E-state index in [4.69, 9.17) is 9.47 Å². The fourth-order valence-electron chi connectivity index (χ4n) is 2.92.